The third kappa shape index (κ3) is 2.92. The number of benzene rings is 2. The summed E-state index contributed by atoms with van der Waals surface area (Å²) >= 11 is 0. The molecule has 0 aliphatic carbocycles. The van der Waals surface area contributed by atoms with E-state index in [2.05, 4.69) is 32.3 Å². The van der Waals surface area contributed by atoms with Crippen LogP contribution >= 0.6 is 0 Å². The number of nitrogens with zero attached hydrogens (tertiary/aromatic N) is 1. The number of rotatable bonds is 4. The average molecular weight is 283 g/mol. The van der Waals surface area contributed by atoms with Crippen molar-refractivity contribution >= 4 is 22.4 Å². The fourth-order valence-corrected chi connectivity index (χ4v) is 2.57. The lowest BCUT2D eigenvalue weighted by Gasteiger charge is -2.38. The molecule has 110 valence electrons. The quantitative estimate of drug-likeness (QED) is 0.849. The Hall–Kier alpha value is -2.29. The largest absolute Gasteiger partial charge is 0.478 e. The summed E-state index contributed by atoms with van der Waals surface area (Å²) in [5, 5.41) is 11.1. The second kappa shape index (κ2) is 5.60. The Balaban J connectivity index is 2.73. The molecular formula is C18H21NO2. The molecule has 0 spiro atoms. The Morgan fingerprint density at radius 3 is 2.33 bits per heavy atom. The van der Waals surface area contributed by atoms with Crippen LogP contribution in [0.5, 0.6) is 0 Å². The second-order valence-corrected chi connectivity index (χ2v) is 6.05. The van der Waals surface area contributed by atoms with E-state index in [0.717, 1.165) is 16.5 Å². The summed E-state index contributed by atoms with van der Waals surface area (Å²) in [6.45, 7) is 10.9. The maximum absolute atomic E-state index is 11.4. The lowest BCUT2D eigenvalue weighted by Crippen LogP contribution is -2.41. The maximum Gasteiger partial charge on any atom is 0.336 e. The molecule has 0 unspecified atom stereocenters. The van der Waals surface area contributed by atoms with Crippen molar-refractivity contribution in [1.82, 2.24) is 0 Å². The Morgan fingerprint density at radius 2 is 1.81 bits per heavy atom. The van der Waals surface area contributed by atoms with Crippen molar-refractivity contribution in [1.29, 1.82) is 0 Å². The Morgan fingerprint density at radius 1 is 1.19 bits per heavy atom. The van der Waals surface area contributed by atoms with Crippen LogP contribution in [-0.2, 0) is 0 Å². The van der Waals surface area contributed by atoms with Gasteiger partial charge in [-0.3, -0.25) is 0 Å². The lowest BCUT2D eigenvalue weighted by atomic mass is 9.98. The predicted octanol–water partition coefficient (Wildman–Crippen LogP) is 4.33. The molecule has 0 amide bonds. The van der Waals surface area contributed by atoms with Gasteiger partial charge >= 0.3 is 5.97 Å². The lowest BCUT2D eigenvalue weighted by molar-refractivity contribution is 0.0699. The van der Waals surface area contributed by atoms with Gasteiger partial charge in [-0.2, -0.15) is 0 Å². The van der Waals surface area contributed by atoms with Crippen molar-refractivity contribution in [3.8, 4) is 0 Å². The number of carboxylic acids is 1. The summed E-state index contributed by atoms with van der Waals surface area (Å²) in [5.41, 5.74) is 1.28. The number of fused-ring (bicyclic) bond motifs is 1. The molecule has 0 aliphatic heterocycles. The van der Waals surface area contributed by atoms with Crippen molar-refractivity contribution in [3.05, 3.63) is 54.6 Å². The minimum absolute atomic E-state index is 0.0816. The molecule has 2 rings (SSSR count). The van der Waals surface area contributed by atoms with Gasteiger partial charge in [-0.25, -0.2) is 4.79 Å². The van der Waals surface area contributed by atoms with Gasteiger partial charge in [0, 0.05) is 23.2 Å². The summed E-state index contributed by atoms with van der Waals surface area (Å²) in [4.78, 5) is 13.6. The van der Waals surface area contributed by atoms with Crippen molar-refractivity contribution < 1.29 is 9.90 Å². The molecule has 0 saturated heterocycles. The minimum atomic E-state index is -0.899. The van der Waals surface area contributed by atoms with E-state index in [9.17, 15) is 9.90 Å². The average Bonchev–Trinajstić information content (AvgIpc) is 2.42. The molecule has 2 aromatic carbocycles. The van der Waals surface area contributed by atoms with E-state index < -0.39 is 5.97 Å². The predicted molar refractivity (Wildman–Crippen MR) is 88.2 cm³/mol. The van der Waals surface area contributed by atoms with Gasteiger partial charge in [-0.05, 0) is 38.3 Å². The number of hydrogen-bond acceptors (Lipinski definition) is 2. The Labute approximate surface area is 125 Å². The first kappa shape index (κ1) is 15.1. The molecule has 0 aliphatic rings. The molecule has 0 saturated carbocycles. The van der Waals surface area contributed by atoms with Crippen LogP contribution in [0.15, 0.2) is 49.1 Å². The highest BCUT2D eigenvalue weighted by molar-refractivity contribution is 6.08. The first-order chi connectivity index (χ1) is 9.86. The zero-order chi connectivity index (χ0) is 15.6. The van der Waals surface area contributed by atoms with Gasteiger partial charge in [0.15, 0.2) is 0 Å². The minimum Gasteiger partial charge on any atom is -0.478 e. The summed E-state index contributed by atoms with van der Waals surface area (Å²) in [6.07, 6.45) is 1.87. The topological polar surface area (TPSA) is 40.5 Å². The normalized spacial score (nSPS) is 11.4. The third-order valence-electron chi connectivity index (χ3n) is 3.54. The monoisotopic (exact) mass is 283 g/mol. The Bertz CT molecular complexity index is 683. The van der Waals surface area contributed by atoms with E-state index >= 15 is 0 Å². The zero-order valence-electron chi connectivity index (χ0n) is 12.8. The number of aromatic carboxylic acids is 1. The molecule has 0 radical (unpaired) electrons. The molecule has 0 fully saturated rings. The van der Waals surface area contributed by atoms with E-state index in [4.69, 9.17) is 0 Å². The summed E-state index contributed by atoms with van der Waals surface area (Å²) in [7, 11) is 0. The molecule has 2 aromatic rings. The van der Waals surface area contributed by atoms with Crippen molar-refractivity contribution in [2.75, 3.05) is 11.4 Å². The smallest absolute Gasteiger partial charge is 0.336 e. The van der Waals surface area contributed by atoms with Gasteiger partial charge in [-0.1, -0.05) is 30.3 Å². The molecule has 3 heteroatoms. The highest BCUT2D eigenvalue weighted by atomic mass is 16.4. The molecule has 0 heterocycles. The second-order valence-electron chi connectivity index (χ2n) is 6.05. The van der Waals surface area contributed by atoms with Crippen LogP contribution in [-0.4, -0.2) is 23.2 Å². The standard InChI is InChI=1S/C18H21NO2/c1-5-12-19(18(2,3)4)16-11-10-15(17(20)21)13-8-6-7-9-14(13)16/h5-11H,1,12H2,2-4H3,(H,20,21). The summed E-state index contributed by atoms with van der Waals surface area (Å²) < 4.78 is 0. The van der Waals surface area contributed by atoms with E-state index in [0.29, 0.717) is 12.1 Å². The SMILES string of the molecule is C=CCN(c1ccc(C(=O)O)c2ccccc12)C(C)(C)C. The first-order valence-corrected chi connectivity index (χ1v) is 7.00. The van der Waals surface area contributed by atoms with Gasteiger partial charge in [0.2, 0.25) is 0 Å². The summed E-state index contributed by atoms with van der Waals surface area (Å²) in [6, 6.07) is 11.2. The number of carboxylic acid groups (broad SMARTS) is 1. The maximum atomic E-state index is 11.4. The number of carbonyl (C=O) groups is 1. The number of hydrogen-bond donors (Lipinski definition) is 1. The van der Waals surface area contributed by atoms with Crippen LogP contribution in [0.1, 0.15) is 31.1 Å². The molecule has 21 heavy (non-hydrogen) atoms. The van der Waals surface area contributed by atoms with Crippen LogP contribution in [0, 0.1) is 0 Å². The van der Waals surface area contributed by atoms with Gasteiger partial charge in [-0.15, -0.1) is 6.58 Å². The van der Waals surface area contributed by atoms with Crippen LogP contribution in [0.2, 0.25) is 0 Å². The van der Waals surface area contributed by atoms with Crippen molar-refractivity contribution in [2.45, 2.75) is 26.3 Å². The van der Waals surface area contributed by atoms with Gasteiger partial charge < -0.3 is 10.0 Å². The fraction of sp³-hybridized carbons (Fsp3) is 0.278. The zero-order valence-corrected chi connectivity index (χ0v) is 12.8. The molecule has 0 atom stereocenters. The molecule has 1 N–H and O–H groups in total. The molecule has 3 nitrogen and oxygen atoms in total. The molecular weight excluding hydrogens is 262 g/mol. The fourth-order valence-electron chi connectivity index (χ4n) is 2.57. The van der Waals surface area contributed by atoms with E-state index in [-0.39, 0.29) is 5.54 Å². The van der Waals surface area contributed by atoms with Crippen molar-refractivity contribution in [3.63, 3.8) is 0 Å². The number of anilines is 1. The van der Waals surface area contributed by atoms with E-state index in [1.165, 1.54) is 0 Å². The summed E-state index contributed by atoms with van der Waals surface area (Å²) in [5.74, 6) is -0.899. The van der Waals surface area contributed by atoms with Crippen LogP contribution in [0.25, 0.3) is 10.8 Å². The highest BCUT2D eigenvalue weighted by Crippen LogP contribution is 2.33. The highest BCUT2D eigenvalue weighted by Gasteiger charge is 2.23. The van der Waals surface area contributed by atoms with E-state index in [1.807, 2.05) is 36.4 Å². The van der Waals surface area contributed by atoms with Gasteiger partial charge in [0.05, 0.1) is 5.56 Å². The van der Waals surface area contributed by atoms with Crippen LogP contribution < -0.4 is 4.90 Å². The van der Waals surface area contributed by atoms with Gasteiger partial charge in [0.1, 0.15) is 0 Å². The van der Waals surface area contributed by atoms with Crippen LogP contribution in [0.4, 0.5) is 5.69 Å². The first-order valence-electron chi connectivity index (χ1n) is 7.00. The van der Waals surface area contributed by atoms with Gasteiger partial charge in [0.25, 0.3) is 0 Å². The third-order valence-corrected chi connectivity index (χ3v) is 3.54. The molecule has 0 aromatic heterocycles. The van der Waals surface area contributed by atoms with E-state index in [1.54, 1.807) is 6.07 Å². The van der Waals surface area contributed by atoms with Crippen molar-refractivity contribution in [2.24, 2.45) is 0 Å². The van der Waals surface area contributed by atoms with Crippen LogP contribution in [0.3, 0.4) is 0 Å². The molecule has 0 bridgehead atoms. The Kier molecular flexibility index (Phi) is 4.03.